The van der Waals surface area contributed by atoms with Crippen LogP contribution < -0.4 is 14.9 Å². The maximum Gasteiger partial charge on any atom is 0.272 e. The first-order chi connectivity index (χ1) is 15.4. The number of nitrogens with zero attached hydrogens (tertiary/aromatic N) is 3. The Balaban J connectivity index is 1.62. The number of aromatic hydroxyl groups is 1. The molecule has 32 heavy (non-hydrogen) atoms. The normalized spacial score (nSPS) is 16.9. The van der Waals surface area contributed by atoms with Gasteiger partial charge in [0.15, 0.2) is 0 Å². The Labute approximate surface area is 184 Å². The van der Waals surface area contributed by atoms with Gasteiger partial charge in [-0.25, -0.2) is 4.99 Å². The minimum Gasteiger partial charge on any atom is -0.508 e. The van der Waals surface area contributed by atoms with Crippen LogP contribution in [-0.4, -0.2) is 40.6 Å². The van der Waals surface area contributed by atoms with Gasteiger partial charge < -0.3 is 15.3 Å². The van der Waals surface area contributed by atoms with E-state index in [0.717, 1.165) is 39.1 Å². The average molecular weight is 429 g/mol. The van der Waals surface area contributed by atoms with E-state index < -0.39 is 12.1 Å². The van der Waals surface area contributed by atoms with Gasteiger partial charge in [0.05, 0.1) is 17.0 Å². The number of anilines is 1. The first-order valence-electron chi connectivity index (χ1n) is 10.2. The molecule has 2 aliphatic heterocycles. The van der Waals surface area contributed by atoms with Gasteiger partial charge in [-0.05, 0) is 49.2 Å². The van der Waals surface area contributed by atoms with E-state index in [2.05, 4.69) is 11.4 Å². The predicted molar refractivity (Wildman–Crippen MR) is 116 cm³/mol. The molecule has 5 rings (SSSR count). The zero-order chi connectivity index (χ0) is 22.4. The second-order valence-corrected chi connectivity index (χ2v) is 7.93. The van der Waals surface area contributed by atoms with Gasteiger partial charge in [0.25, 0.3) is 11.8 Å². The Morgan fingerprint density at radius 2 is 1.88 bits per heavy atom. The molecule has 1 atom stereocenters. The van der Waals surface area contributed by atoms with Crippen molar-refractivity contribution in [2.24, 2.45) is 4.99 Å². The molecule has 0 spiro atoms. The van der Waals surface area contributed by atoms with Crippen LogP contribution in [0.2, 0.25) is 0 Å². The standard InChI is InChI=1S/C24H20N4O4/c1-14-12-17-8-11-28-21(17)19(13-14)20(15-2-4-18(29)5-3-15)25-22(24(28)31)26-23(30)16-6-9-27(32)10-7-16/h2-7,9-10,12-13,22H,8,11H2,1H3,(H2-,25,26,29,30,32)/p+1/t22-/m0/s1. The average Bonchev–Trinajstić information content (AvgIpc) is 3.16. The molecule has 3 aromatic rings. The number of hydrogen-bond acceptors (Lipinski definition) is 5. The lowest BCUT2D eigenvalue weighted by Crippen LogP contribution is -2.47. The van der Waals surface area contributed by atoms with E-state index in [1.54, 1.807) is 29.2 Å². The molecule has 0 radical (unpaired) electrons. The van der Waals surface area contributed by atoms with Crippen molar-refractivity contribution in [1.82, 2.24) is 5.32 Å². The molecular weight excluding hydrogens is 408 g/mol. The summed E-state index contributed by atoms with van der Waals surface area (Å²) in [5, 5.41) is 21.9. The maximum absolute atomic E-state index is 13.4. The van der Waals surface area contributed by atoms with Gasteiger partial charge in [0, 0.05) is 34.5 Å². The van der Waals surface area contributed by atoms with Gasteiger partial charge in [0.2, 0.25) is 18.6 Å². The van der Waals surface area contributed by atoms with Crippen molar-refractivity contribution in [2.45, 2.75) is 19.5 Å². The number of carbonyl (C=O) groups is 2. The number of aryl methyl sites for hydroxylation is 1. The molecule has 2 aromatic carbocycles. The van der Waals surface area contributed by atoms with Gasteiger partial charge in [0.1, 0.15) is 5.75 Å². The highest BCUT2D eigenvalue weighted by Crippen LogP contribution is 2.37. The van der Waals surface area contributed by atoms with Gasteiger partial charge >= 0.3 is 0 Å². The molecular formula is C24H21N4O4+. The smallest absolute Gasteiger partial charge is 0.272 e. The van der Waals surface area contributed by atoms with E-state index in [-0.39, 0.29) is 11.7 Å². The van der Waals surface area contributed by atoms with Crippen LogP contribution in [0, 0.1) is 6.92 Å². The lowest BCUT2D eigenvalue weighted by atomic mass is 9.96. The topological polar surface area (TPSA) is 106 Å². The van der Waals surface area contributed by atoms with E-state index in [1.165, 1.54) is 24.5 Å². The summed E-state index contributed by atoms with van der Waals surface area (Å²) in [5.41, 5.74) is 5.39. The third-order valence-electron chi connectivity index (χ3n) is 5.71. The zero-order valence-corrected chi connectivity index (χ0v) is 17.3. The summed E-state index contributed by atoms with van der Waals surface area (Å²) in [4.78, 5) is 32.7. The van der Waals surface area contributed by atoms with Crippen LogP contribution in [0.25, 0.3) is 0 Å². The number of phenolic OH excluding ortho intramolecular Hbond substituents is 1. The Kier molecular flexibility index (Phi) is 4.62. The van der Waals surface area contributed by atoms with Crippen LogP contribution in [0.15, 0.2) is 65.9 Å². The minimum absolute atomic E-state index is 0.130. The quantitative estimate of drug-likeness (QED) is 0.435. The summed E-state index contributed by atoms with van der Waals surface area (Å²) in [7, 11) is 0. The maximum atomic E-state index is 13.4. The number of aliphatic imine (C=N–C) groups is 1. The van der Waals surface area contributed by atoms with Gasteiger partial charge in [-0.1, -0.05) is 11.6 Å². The minimum atomic E-state index is -1.12. The third kappa shape index (κ3) is 3.35. The molecule has 3 heterocycles. The molecule has 0 bridgehead atoms. The van der Waals surface area contributed by atoms with Crippen LogP contribution in [0.1, 0.15) is 32.6 Å². The first kappa shape index (κ1) is 19.7. The second kappa shape index (κ2) is 7.49. The summed E-state index contributed by atoms with van der Waals surface area (Å²) < 4.78 is 0.833. The largest absolute Gasteiger partial charge is 0.508 e. The molecule has 0 aliphatic carbocycles. The lowest BCUT2D eigenvalue weighted by molar-refractivity contribution is -0.904. The number of amides is 2. The highest BCUT2D eigenvalue weighted by atomic mass is 16.5. The third-order valence-corrected chi connectivity index (χ3v) is 5.71. The fraction of sp³-hybridized carbons (Fsp3) is 0.167. The van der Waals surface area contributed by atoms with Crippen LogP contribution in [0.3, 0.4) is 0 Å². The Morgan fingerprint density at radius 1 is 1.16 bits per heavy atom. The van der Waals surface area contributed by atoms with Gasteiger partial charge in [-0.15, -0.1) is 0 Å². The van der Waals surface area contributed by atoms with Crippen molar-refractivity contribution >= 4 is 23.2 Å². The Hall–Kier alpha value is -4.20. The van der Waals surface area contributed by atoms with Crippen molar-refractivity contribution in [3.05, 3.63) is 88.7 Å². The number of nitrogens with one attached hydrogen (secondary N) is 1. The SMILES string of the molecule is Cc1cc2c3c(c1)C(c1ccc(O)cc1)=N[C@@H](NC(=O)c1cc[n+](O)cc1)C(=O)N3CC2. The number of pyridine rings is 1. The monoisotopic (exact) mass is 429 g/mol. The molecule has 2 amide bonds. The number of rotatable bonds is 3. The predicted octanol–water partition coefficient (Wildman–Crippen LogP) is 1.72. The molecule has 160 valence electrons. The van der Waals surface area contributed by atoms with E-state index in [0.29, 0.717) is 17.8 Å². The molecule has 2 aliphatic rings. The molecule has 8 nitrogen and oxygen atoms in total. The van der Waals surface area contributed by atoms with Gasteiger partial charge in [-0.2, -0.15) is 0 Å². The number of aromatic nitrogens is 1. The first-order valence-corrected chi connectivity index (χ1v) is 10.2. The van der Waals surface area contributed by atoms with E-state index in [1.807, 2.05) is 13.0 Å². The van der Waals surface area contributed by atoms with Gasteiger partial charge in [-0.3, -0.25) is 14.8 Å². The van der Waals surface area contributed by atoms with Crippen LogP contribution in [0.4, 0.5) is 5.69 Å². The van der Waals surface area contributed by atoms with Crippen molar-refractivity contribution in [3.8, 4) is 5.75 Å². The summed E-state index contributed by atoms with van der Waals surface area (Å²) in [6.07, 6.45) is 2.28. The molecule has 0 unspecified atom stereocenters. The number of hydrogen-bond donors (Lipinski definition) is 3. The van der Waals surface area contributed by atoms with Crippen molar-refractivity contribution < 1.29 is 24.6 Å². The van der Waals surface area contributed by atoms with Crippen molar-refractivity contribution in [3.63, 3.8) is 0 Å². The fourth-order valence-electron chi connectivity index (χ4n) is 4.23. The summed E-state index contributed by atoms with van der Waals surface area (Å²) >= 11 is 0. The van der Waals surface area contributed by atoms with Crippen LogP contribution in [0.5, 0.6) is 5.75 Å². The number of carbonyl (C=O) groups excluding carboxylic acids is 2. The molecule has 0 fully saturated rings. The molecule has 8 heteroatoms. The highest BCUT2D eigenvalue weighted by Gasteiger charge is 2.37. The van der Waals surface area contributed by atoms with E-state index in [9.17, 15) is 19.9 Å². The molecule has 0 saturated carbocycles. The Bertz CT molecular complexity index is 1270. The highest BCUT2D eigenvalue weighted by molar-refractivity contribution is 6.21. The van der Waals surface area contributed by atoms with Crippen LogP contribution >= 0.6 is 0 Å². The summed E-state index contributed by atoms with van der Waals surface area (Å²) in [6.45, 7) is 2.52. The van der Waals surface area contributed by atoms with Crippen LogP contribution in [-0.2, 0) is 11.2 Å². The second-order valence-electron chi connectivity index (χ2n) is 7.93. The van der Waals surface area contributed by atoms with E-state index in [4.69, 9.17) is 4.99 Å². The molecule has 1 aromatic heterocycles. The Morgan fingerprint density at radius 3 is 2.59 bits per heavy atom. The molecule has 3 N–H and O–H groups in total. The summed E-state index contributed by atoms with van der Waals surface area (Å²) in [6, 6.07) is 13.6. The zero-order valence-electron chi connectivity index (χ0n) is 17.3. The lowest BCUT2D eigenvalue weighted by Gasteiger charge is -2.21. The fourth-order valence-corrected chi connectivity index (χ4v) is 4.23. The van der Waals surface area contributed by atoms with Crippen molar-refractivity contribution in [1.29, 1.82) is 0 Å². The number of phenols is 1. The van der Waals surface area contributed by atoms with Crippen molar-refractivity contribution in [2.75, 3.05) is 11.4 Å². The molecule has 0 saturated heterocycles. The summed E-state index contributed by atoms with van der Waals surface area (Å²) in [5.74, 6) is -0.645. The number of benzene rings is 2. The van der Waals surface area contributed by atoms with E-state index >= 15 is 0 Å².